The Kier molecular flexibility index (Phi) is 4.51. The number of benzene rings is 1. The van der Waals surface area contributed by atoms with Crippen LogP contribution < -0.4 is 10.6 Å². The van der Waals surface area contributed by atoms with Crippen molar-refractivity contribution >= 4 is 28.9 Å². The van der Waals surface area contributed by atoms with Gasteiger partial charge in [0.25, 0.3) is 5.91 Å². The largest absolute Gasteiger partial charge is 0.343 e. The highest BCUT2D eigenvalue weighted by atomic mass is 19.1. The molecule has 0 saturated carbocycles. The highest BCUT2D eigenvalue weighted by Crippen LogP contribution is 2.28. The fourth-order valence-corrected chi connectivity index (χ4v) is 3.69. The molecule has 0 spiro atoms. The maximum atomic E-state index is 13.3. The summed E-state index contributed by atoms with van der Waals surface area (Å²) in [5.41, 5.74) is 1.42. The minimum absolute atomic E-state index is 0.0194. The molecule has 4 amide bonds. The zero-order chi connectivity index (χ0) is 19.0. The lowest BCUT2D eigenvalue weighted by Gasteiger charge is -2.31. The summed E-state index contributed by atoms with van der Waals surface area (Å²) in [4.78, 5) is 44.5. The number of H-pyrrole nitrogens is 1. The lowest BCUT2D eigenvalue weighted by molar-refractivity contribution is -0.132. The number of hydrogen-bond donors (Lipinski definition) is 3. The molecule has 0 radical (unpaired) electrons. The standard InChI is InChI=1S/C18H20FN5O3/c19-11-1-2-12-14(9-11)21-16(20-12)10-5-7-24(8-6-10)15(25)4-3-13-17(26)23-18(27)22-13/h1-2,9-10,13H,3-8H2,(H,20,21)(H2,22,23,26,27)/t13-/m1/s1. The second-order valence-electron chi connectivity index (χ2n) is 6.99. The van der Waals surface area contributed by atoms with E-state index in [0.717, 1.165) is 24.2 Å². The number of nitrogens with one attached hydrogen (secondary N) is 3. The fourth-order valence-electron chi connectivity index (χ4n) is 3.69. The average Bonchev–Trinajstić information content (AvgIpc) is 3.21. The van der Waals surface area contributed by atoms with E-state index in [2.05, 4.69) is 20.6 Å². The number of amides is 4. The lowest BCUT2D eigenvalue weighted by atomic mass is 9.95. The maximum Gasteiger partial charge on any atom is 0.322 e. The van der Waals surface area contributed by atoms with Gasteiger partial charge in [-0.25, -0.2) is 14.2 Å². The molecule has 2 aliphatic heterocycles. The van der Waals surface area contributed by atoms with E-state index < -0.39 is 12.1 Å². The second-order valence-corrected chi connectivity index (χ2v) is 6.99. The number of nitrogens with zero attached hydrogens (tertiary/aromatic N) is 2. The summed E-state index contributed by atoms with van der Waals surface area (Å²) in [6.07, 6.45) is 2.06. The van der Waals surface area contributed by atoms with E-state index in [4.69, 9.17) is 0 Å². The molecule has 0 unspecified atom stereocenters. The molecule has 3 N–H and O–H groups in total. The van der Waals surface area contributed by atoms with Crippen LogP contribution in [0.3, 0.4) is 0 Å². The topological polar surface area (TPSA) is 107 Å². The van der Waals surface area contributed by atoms with Gasteiger partial charge in [0.2, 0.25) is 5.91 Å². The van der Waals surface area contributed by atoms with Crippen LogP contribution in [-0.4, -0.2) is 51.8 Å². The molecule has 27 heavy (non-hydrogen) atoms. The first-order valence-corrected chi connectivity index (χ1v) is 9.04. The third-order valence-electron chi connectivity index (χ3n) is 5.20. The van der Waals surface area contributed by atoms with Gasteiger partial charge in [-0.15, -0.1) is 0 Å². The summed E-state index contributed by atoms with van der Waals surface area (Å²) >= 11 is 0. The molecule has 1 atom stereocenters. The Labute approximate surface area is 154 Å². The molecule has 1 aromatic carbocycles. The van der Waals surface area contributed by atoms with E-state index in [1.54, 1.807) is 11.0 Å². The number of aromatic nitrogens is 2. The monoisotopic (exact) mass is 373 g/mol. The number of urea groups is 1. The Morgan fingerprint density at radius 2 is 2.04 bits per heavy atom. The van der Waals surface area contributed by atoms with Gasteiger partial charge in [-0.2, -0.15) is 0 Å². The van der Waals surface area contributed by atoms with Crippen molar-refractivity contribution in [3.8, 4) is 0 Å². The van der Waals surface area contributed by atoms with Crippen LogP contribution in [0.2, 0.25) is 0 Å². The zero-order valence-electron chi connectivity index (χ0n) is 14.6. The Hall–Kier alpha value is -2.97. The molecule has 8 nitrogen and oxygen atoms in total. The molecule has 142 valence electrons. The number of imidazole rings is 1. The van der Waals surface area contributed by atoms with E-state index >= 15 is 0 Å². The Morgan fingerprint density at radius 3 is 2.74 bits per heavy atom. The normalized spacial score (nSPS) is 20.8. The highest BCUT2D eigenvalue weighted by molar-refractivity contribution is 6.04. The van der Waals surface area contributed by atoms with Crippen LogP contribution in [0.4, 0.5) is 9.18 Å². The Balaban J connectivity index is 1.30. The molecule has 1 aromatic heterocycles. The van der Waals surface area contributed by atoms with Crippen LogP contribution >= 0.6 is 0 Å². The summed E-state index contributed by atoms with van der Waals surface area (Å²) in [5, 5.41) is 4.66. The third kappa shape index (κ3) is 3.62. The van der Waals surface area contributed by atoms with Gasteiger partial charge in [0.1, 0.15) is 17.7 Å². The number of likely N-dealkylation sites (tertiary alicyclic amines) is 1. The lowest BCUT2D eigenvalue weighted by Crippen LogP contribution is -2.39. The maximum absolute atomic E-state index is 13.3. The number of imide groups is 1. The summed E-state index contributed by atoms with van der Waals surface area (Å²) in [7, 11) is 0. The quantitative estimate of drug-likeness (QED) is 0.704. The number of carbonyl (C=O) groups is 3. The minimum atomic E-state index is -0.630. The summed E-state index contributed by atoms with van der Waals surface area (Å²) in [6.45, 7) is 1.22. The van der Waals surface area contributed by atoms with Crippen molar-refractivity contribution in [2.75, 3.05) is 13.1 Å². The molecule has 4 rings (SSSR count). The van der Waals surface area contributed by atoms with Crippen molar-refractivity contribution < 1.29 is 18.8 Å². The van der Waals surface area contributed by atoms with Crippen molar-refractivity contribution in [3.05, 3.63) is 29.8 Å². The van der Waals surface area contributed by atoms with Crippen molar-refractivity contribution in [1.29, 1.82) is 0 Å². The molecule has 0 bridgehead atoms. The van der Waals surface area contributed by atoms with Gasteiger partial charge in [0.05, 0.1) is 11.0 Å². The van der Waals surface area contributed by atoms with E-state index in [1.165, 1.54) is 12.1 Å². The number of halogens is 1. The van der Waals surface area contributed by atoms with Crippen LogP contribution in [0.25, 0.3) is 11.0 Å². The van der Waals surface area contributed by atoms with E-state index in [9.17, 15) is 18.8 Å². The first-order chi connectivity index (χ1) is 13.0. The van der Waals surface area contributed by atoms with Gasteiger partial charge in [-0.05, 0) is 37.5 Å². The van der Waals surface area contributed by atoms with Gasteiger partial charge in [-0.3, -0.25) is 14.9 Å². The molecule has 2 fully saturated rings. The second kappa shape index (κ2) is 6.98. The van der Waals surface area contributed by atoms with Crippen LogP contribution in [-0.2, 0) is 9.59 Å². The van der Waals surface area contributed by atoms with Gasteiger partial charge < -0.3 is 15.2 Å². The number of carbonyl (C=O) groups excluding carboxylic acids is 3. The third-order valence-corrected chi connectivity index (χ3v) is 5.20. The number of aromatic amines is 1. The average molecular weight is 373 g/mol. The van der Waals surface area contributed by atoms with Crippen LogP contribution in [0.5, 0.6) is 0 Å². The Bertz CT molecular complexity index is 904. The number of fused-ring (bicyclic) bond motifs is 1. The molecular weight excluding hydrogens is 353 g/mol. The predicted octanol–water partition coefficient (Wildman–Crippen LogP) is 1.40. The summed E-state index contributed by atoms with van der Waals surface area (Å²) in [5.74, 6) is 0.324. The van der Waals surface area contributed by atoms with Crippen molar-refractivity contribution in [3.63, 3.8) is 0 Å². The Morgan fingerprint density at radius 1 is 1.26 bits per heavy atom. The summed E-state index contributed by atoms with van der Waals surface area (Å²) in [6, 6.07) is 3.34. The number of rotatable bonds is 4. The smallest absolute Gasteiger partial charge is 0.322 e. The van der Waals surface area contributed by atoms with E-state index in [1.807, 2.05) is 0 Å². The molecule has 0 aliphatic carbocycles. The molecule has 9 heteroatoms. The fraction of sp³-hybridized carbons (Fsp3) is 0.444. The van der Waals surface area contributed by atoms with Crippen LogP contribution in [0, 0.1) is 5.82 Å². The molecule has 3 heterocycles. The van der Waals surface area contributed by atoms with Crippen molar-refractivity contribution in [2.24, 2.45) is 0 Å². The van der Waals surface area contributed by atoms with Gasteiger partial charge in [0.15, 0.2) is 0 Å². The first-order valence-electron chi connectivity index (χ1n) is 9.04. The SMILES string of the molecule is O=C1NC(=O)[C@@H](CCC(=O)N2CCC(c3nc4ccc(F)cc4[nH]3)CC2)N1. The first kappa shape index (κ1) is 17.4. The highest BCUT2D eigenvalue weighted by Gasteiger charge is 2.31. The van der Waals surface area contributed by atoms with Gasteiger partial charge in [-0.1, -0.05) is 0 Å². The summed E-state index contributed by atoms with van der Waals surface area (Å²) < 4.78 is 13.3. The zero-order valence-corrected chi connectivity index (χ0v) is 14.6. The molecule has 2 aromatic rings. The predicted molar refractivity (Wildman–Crippen MR) is 94.3 cm³/mol. The number of hydrogen-bond acceptors (Lipinski definition) is 4. The molecular formula is C18H20FN5O3. The molecule has 2 saturated heterocycles. The van der Waals surface area contributed by atoms with E-state index in [-0.39, 0.29) is 30.0 Å². The van der Waals surface area contributed by atoms with Gasteiger partial charge >= 0.3 is 6.03 Å². The van der Waals surface area contributed by atoms with Crippen molar-refractivity contribution in [2.45, 2.75) is 37.6 Å². The number of piperidine rings is 1. The van der Waals surface area contributed by atoms with Crippen LogP contribution in [0.15, 0.2) is 18.2 Å². The van der Waals surface area contributed by atoms with Gasteiger partial charge in [0, 0.05) is 25.4 Å². The van der Waals surface area contributed by atoms with Crippen LogP contribution in [0.1, 0.15) is 37.4 Å². The molecule has 2 aliphatic rings. The van der Waals surface area contributed by atoms with Crippen molar-refractivity contribution in [1.82, 2.24) is 25.5 Å². The van der Waals surface area contributed by atoms with E-state index in [0.29, 0.717) is 25.0 Å². The minimum Gasteiger partial charge on any atom is -0.343 e.